The molecular formula is C44H67N2O7+. The van der Waals surface area contributed by atoms with Gasteiger partial charge in [0, 0.05) is 35.4 Å². The predicted molar refractivity (Wildman–Crippen MR) is 217 cm³/mol. The molecule has 2 N–H and O–H groups in total. The average Bonchev–Trinajstić information content (AvgIpc) is 3.24. The highest BCUT2D eigenvalue weighted by Crippen LogP contribution is 2.58. The largest absolute Gasteiger partial charge is 0.507 e. The summed E-state index contributed by atoms with van der Waals surface area (Å²) in [6, 6.07) is 11.9. The Hall–Kier alpha value is -4.27. The van der Waals surface area contributed by atoms with Crippen molar-refractivity contribution in [1.82, 2.24) is 0 Å². The third-order valence-electron chi connectivity index (χ3n) is 11.0. The number of allylic oxidation sites excluding steroid dienone is 1. The molecule has 9 nitrogen and oxygen atoms in total. The van der Waals surface area contributed by atoms with Crippen molar-refractivity contribution in [2.24, 2.45) is 33.0 Å². The number of nitro benzene ring substituents is 1. The van der Waals surface area contributed by atoms with Gasteiger partial charge in [0.05, 0.1) is 21.7 Å². The third kappa shape index (κ3) is 9.84. The van der Waals surface area contributed by atoms with Crippen LogP contribution in [0.1, 0.15) is 121 Å². The number of nitro groups is 1. The number of carbonyl (C=O) groups excluding carboxylic acids is 1. The molecule has 1 aliphatic rings. The first-order valence-electron chi connectivity index (χ1n) is 18.5. The second-order valence-electron chi connectivity index (χ2n) is 17.7. The maximum atomic E-state index is 14.3. The van der Waals surface area contributed by atoms with Crippen LogP contribution in [0.5, 0.6) is 5.75 Å². The van der Waals surface area contributed by atoms with Crippen LogP contribution in [0.15, 0.2) is 61.7 Å². The lowest BCUT2D eigenvalue weighted by atomic mass is 9.49. The number of ether oxygens (including phenoxy) is 1. The Morgan fingerprint density at radius 2 is 1.49 bits per heavy atom. The van der Waals surface area contributed by atoms with Crippen LogP contribution in [0.3, 0.4) is 0 Å². The van der Waals surface area contributed by atoms with E-state index in [4.69, 9.17) is 4.74 Å². The Bertz CT molecular complexity index is 1690. The molecule has 0 fully saturated rings. The van der Waals surface area contributed by atoms with Gasteiger partial charge in [0.2, 0.25) is 5.69 Å². The Morgan fingerprint density at radius 3 is 1.98 bits per heavy atom. The summed E-state index contributed by atoms with van der Waals surface area (Å²) in [5.74, 6) is -1.89. The summed E-state index contributed by atoms with van der Waals surface area (Å²) in [5.41, 5.74) is -0.574. The van der Waals surface area contributed by atoms with Crippen LogP contribution in [0.4, 0.5) is 11.4 Å². The summed E-state index contributed by atoms with van der Waals surface area (Å²) in [6.07, 6.45) is 4.02. The zero-order chi connectivity index (χ0) is 41.5. The maximum Gasteiger partial charge on any atom is 0.313 e. The van der Waals surface area contributed by atoms with E-state index in [1.54, 1.807) is 6.08 Å². The zero-order valence-electron chi connectivity index (χ0n) is 35.1. The molecule has 0 saturated carbocycles. The number of hydrogen-bond donors (Lipinski definition) is 2. The number of esters is 1. The fourth-order valence-corrected chi connectivity index (χ4v) is 8.61. The number of rotatable bonds is 12. The molecule has 0 aliphatic carbocycles. The minimum Gasteiger partial charge on any atom is -0.507 e. The predicted octanol–water partition coefficient (Wildman–Crippen LogP) is 11.0. The van der Waals surface area contributed by atoms with Gasteiger partial charge in [0.1, 0.15) is 5.75 Å². The van der Waals surface area contributed by atoms with E-state index in [-0.39, 0.29) is 24.0 Å². The zero-order valence-corrected chi connectivity index (χ0v) is 35.1. The lowest BCUT2D eigenvalue weighted by molar-refractivity contribution is -0.441. The van der Waals surface area contributed by atoms with Gasteiger partial charge >= 0.3 is 11.9 Å². The summed E-state index contributed by atoms with van der Waals surface area (Å²) in [4.78, 5) is 37.8. The van der Waals surface area contributed by atoms with Gasteiger partial charge in [0.15, 0.2) is 18.9 Å². The number of non-ortho nitro benzene ring substituents is 1. The van der Waals surface area contributed by atoms with Gasteiger partial charge in [-0.05, 0) is 61.0 Å². The molecule has 0 amide bonds. The first kappa shape index (κ1) is 46.8. The Balaban J connectivity index is 0.00000339. The second-order valence-corrected chi connectivity index (χ2v) is 17.7. The topological polar surface area (TPSA) is 130 Å². The lowest BCUT2D eigenvalue weighted by Gasteiger charge is -2.54. The maximum absolute atomic E-state index is 14.3. The van der Waals surface area contributed by atoms with Crippen molar-refractivity contribution in [2.45, 2.75) is 116 Å². The molecule has 0 spiro atoms. The summed E-state index contributed by atoms with van der Waals surface area (Å²) < 4.78 is 8.27. The summed E-state index contributed by atoms with van der Waals surface area (Å²) in [5, 5.41) is 32.1. The number of carboxylic acid groups (broad SMARTS) is 1. The van der Waals surface area contributed by atoms with Crippen LogP contribution in [-0.2, 0) is 19.7 Å². The van der Waals surface area contributed by atoms with Crippen molar-refractivity contribution in [2.75, 3.05) is 13.2 Å². The minimum absolute atomic E-state index is 0.0688. The second kappa shape index (κ2) is 17.3. The standard InChI is InChI=1S/C40H56N2O7.C2H6.C2H4/c1-35(2,3)32(33(44)45)37(7,8)25-38(9,10)40(13,36(4,5)6)34(46)49-23-22-41-29-17-15-14-16-28(29)39(11,12)31(41)21-18-26-24-27(42(47)48)19-20-30(26)43;2*1-2/h14-21,24,32H,22-23,25H2,1-13H3,(H,44,45);1-2H3;1-2H2/p+1. The first-order valence-corrected chi connectivity index (χ1v) is 18.5. The van der Waals surface area contributed by atoms with Crippen LogP contribution in [0.2, 0.25) is 0 Å². The Kier molecular flexibility index (Phi) is 15.2. The highest BCUT2D eigenvalue weighted by Gasteiger charge is 2.58. The molecule has 2 aromatic rings. The Morgan fingerprint density at radius 1 is 0.943 bits per heavy atom. The van der Waals surface area contributed by atoms with E-state index in [1.807, 2.05) is 114 Å². The van der Waals surface area contributed by atoms with Gasteiger partial charge in [-0.2, -0.15) is 4.58 Å². The normalized spacial score (nSPS) is 16.0. The molecule has 2 unspecified atom stereocenters. The number of carboxylic acids is 1. The van der Waals surface area contributed by atoms with Crippen molar-refractivity contribution < 1.29 is 34.0 Å². The number of fused-ring (bicyclic) bond motifs is 1. The molecular weight excluding hydrogens is 668 g/mol. The molecule has 1 heterocycles. The van der Waals surface area contributed by atoms with Crippen molar-refractivity contribution >= 4 is 35.1 Å². The molecule has 0 aromatic heterocycles. The van der Waals surface area contributed by atoms with E-state index in [9.17, 15) is 29.9 Å². The summed E-state index contributed by atoms with van der Waals surface area (Å²) in [7, 11) is 0. The summed E-state index contributed by atoms with van der Waals surface area (Å²) >= 11 is 0. The lowest BCUT2D eigenvalue weighted by Crippen LogP contribution is -2.55. The molecule has 3 rings (SSSR count). The molecule has 2 aromatic carbocycles. The van der Waals surface area contributed by atoms with Crippen molar-refractivity contribution in [3.05, 3.63) is 82.9 Å². The van der Waals surface area contributed by atoms with Gasteiger partial charge in [-0.15, -0.1) is 13.2 Å². The number of aliphatic carboxylic acids is 1. The number of benzene rings is 2. The van der Waals surface area contributed by atoms with E-state index in [1.165, 1.54) is 18.2 Å². The van der Waals surface area contributed by atoms with E-state index in [0.29, 0.717) is 18.5 Å². The number of nitrogens with zero attached hydrogens (tertiary/aromatic N) is 2. The SMILES string of the molecule is C=C.CC.CC1(C)C(/C=C/c2cc([N+](=O)[O-])ccc2O)=[N+](CCOC(=O)C(C)(C(C)(C)C)C(C)(C)CC(C)(C)C(C(=O)O)C(C)(C)C)c2ccccc21. The van der Waals surface area contributed by atoms with E-state index >= 15 is 0 Å². The van der Waals surface area contributed by atoms with Crippen LogP contribution < -0.4 is 0 Å². The monoisotopic (exact) mass is 735 g/mol. The van der Waals surface area contributed by atoms with Crippen LogP contribution in [-0.4, -0.2) is 50.5 Å². The van der Waals surface area contributed by atoms with Crippen molar-refractivity contribution in [3.63, 3.8) is 0 Å². The van der Waals surface area contributed by atoms with Crippen molar-refractivity contribution in [3.8, 4) is 5.75 Å². The molecule has 0 saturated heterocycles. The molecule has 53 heavy (non-hydrogen) atoms. The van der Waals surface area contributed by atoms with E-state index < -0.39 is 49.3 Å². The molecule has 9 heteroatoms. The number of aromatic hydroxyl groups is 1. The first-order chi connectivity index (χ1) is 24.2. The van der Waals surface area contributed by atoms with Crippen molar-refractivity contribution in [1.29, 1.82) is 0 Å². The van der Waals surface area contributed by atoms with Crippen LogP contribution >= 0.6 is 0 Å². The average molecular weight is 736 g/mol. The van der Waals surface area contributed by atoms with Gasteiger partial charge in [-0.3, -0.25) is 19.7 Å². The van der Waals surface area contributed by atoms with E-state index in [2.05, 4.69) is 37.6 Å². The third-order valence-corrected chi connectivity index (χ3v) is 11.0. The molecule has 0 radical (unpaired) electrons. The molecule has 1 aliphatic heterocycles. The van der Waals surface area contributed by atoms with Gasteiger partial charge in [-0.25, -0.2) is 0 Å². The van der Waals surface area contributed by atoms with E-state index in [0.717, 1.165) is 17.0 Å². The molecule has 0 bridgehead atoms. The van der Waals surface area contributed by atoms with Gasteiger partial charge in [0.25, 0.3) is 5.69 Å². The number of phenols is 1. The fourth-order valence-electron chi connectivity index (χ4n) is 8.61. The number of phenolic OH excluding ortho intramolecular Hbond substituents is 1. The van der Waals surface area contributed by atoms with Gasteiger partial charge < -0.3 is 14.9 Å². The van der Waals surface area contributed by atoms with Gasteiger partial charge in [-0.1, -0.05) is 101 Å². The summed E-state index contributed by atoms with van der Waals surface area (Å²) in [6.45, 7) is 36.5. The highest BCUT2D eigenvalue weighted by molar-refractivity contribution is 6.05. The quantitative estimate of drug-likeness (QED) is 0.0729. The van der Waals surface area contributed by atoms with Crippen LogP contribution in [0, 0.1) is 43.1 Å². The minimum atomic E-state index is -0.980. The number of carbonyl (C=O) groups is 2. The smallest absolute Gasteiger partial charge is 0.313 e. The Labute approximate surface area is 319 Å². The molecule has 294 valence electrons. The van der Waals surface area contributed by atoms with Crippen LogP contribution in [0.25, 0.3) is 6.08 Å². The molecule has 2 atom stereocenters. The fraction of sp³-hybridized carbons (Fsp3) is 0.568. The highest BCUT2D eigenvalue weighted by atomic mass is 16.6. The number of para-hydroxylation sites is 1. The number of hydrogen-bond acceptors (Lipinski definition) is 6.